The normalized spacial score (nSPS) is 12.8. The zero-order valence-electron chi connectivity index (χ0n) is 9.63. The molecule has 14 heavy (non-hydrogen) atoms. The fraction of sp³-hybridized carbons (Fsp3) is 0.833. The van der Waals surface area contributed by atoms with Gasteiger partial charge in [-0.05, 0) is 44.8 Å². The molecule has 0 rings (SSSR count). The highest BCUT2D eigenvalue weighted by Gasteiger charge is 2.03. The maximum absolute atomic E-state index is 5.56. The molecule has 0 saturated carbocycles. The molecule has 0 bridgehead atoms. The van der Waals surface area contributed by atoms with E-state index in [-0.39, 0.29) is 0 Å². The molecule has 0 fully saturated rings. The van der Waals surface area contributed by atoms with Gasteiger partial charge in [0.15, 0.2) is 0 Å². The fourth-order valence-corrected chi connectivity index (χ4v) is 1.50. The molecule has 0 saturated heterocycles. The lowest BCUT2D eigenvalue weighted by atomic mass is 10.1. The standard InChI is InChI=1S/C12H24N2/c1-4-8-14(9-5-2)10-6-7-12(3)11-13/h1,12H,5-11,13H2,2-3H3. The first-order valence-corrected chi connectivity index (χ1v) is 5.60. The van der Waals surface area contributed by atoms with Crippen LogP contribution >= 0.6 is 0 Å². The summed E-state index contributed by atoms with van der Waals surface area (Å²) in [6.45, 7) is 8.19. The number of nitrogens with zero attached hydrogens (tertiary/aromatic N) is 1. The van der Waals surface area contributed by atoms with Gasteiger partial charge in [-0.3, -0.25) is 4.90 Å². The summed E-state index contributed by atoms with van der Waals surface area (Å²) < 4.78 is 0. The van der Waals surface area contributed by atoms with Crippen molar-refractivity contribution in [1.29, 1.82) is 0 Å². The predicted molar refractivity (Wildman–Crippen MR) is 63.0 cm³/mol. The first-order chi connectivity index (χ1) is 6.74. The van der Waals surface area contributed by atoms with Crippen molar-refractivity contribution >= 4 is 0 Å². The van der Waals surface area contributed by atoms with Crippen LogP contribution in [0.25, 0.3) is 0 Å². The molecule has 1 atom stereocenters. The van der Waals surface area contributed by atoms with E-state index in [9.17, 15) is 0 Å². The lowest BCUT2D eigenvalue weighted by Crippen LogP contribution is -2.26. The summed E-state index contributed by atoms with van der Waals surface area (Å²) in [5.41, 5.74) is 5.56. The third-order valence-electron chi connectivity index (χ3n) is 2.43. The molecule has 0 aliphatic rings. The number of terminal acetylenes is 1. The van der Waals surface area contributed by atoms with Crippen molar-refractivity contribution in [2.45, 2.75) is 33.1 Å². The molecule has 0 aliphatic carbocycles. The van der Waals surface area contributed by atoms with E-state index in [0.717, 1.165) is 26.2 Å². The van der Waals surface area contributed by atoms with E-state index in [1.807, 2.05) is 0 Å². The lowest BCUT2D eigenvalue weighted by molar-refractivity contribution is 0.292. The van der Waals surface area contributed by atoms with Crippen LogP contribution in [0.5, 0.6) is 0 Å². The minimum atomic E-state index is 0.643. The molecule has 0 aromatic carbocycles. The van der Waals surface area contributed by atoms with Crippen molar-refractivity contribution in [3.8, 4) is 12.3 Å². The van der Waals surface area contributed by atoms with E-state index in [1.165, 1.54) is 19.3 Å². The van der Waals surface area contributed by atoms with Gasteiger partial charge in [0.2, 0.25) is 0 Å². The van der Waals surface area contributed by atoms with Crippen LogP contribution in [-0.2, 0) is 0 Å². The zero-order valence-corrected chi connectivity index (χ0v) is 9.63. The van der Waals surface area contributed by atoms with E-state index in [4.69, 9.17) is 12.2 Å². The van der Waals surface area contributed by atoms with Gasteiger partial charge in [0, 0.05) is 0 Å². The molecule has 1 unspecified atom stereocenters. The molecular weight excluding hydrogens is 172 g/mol. The Morgan fingerprint density at radius 3 is 2.64 bits per heavy atom. The van der Waals surface area contributed by atoms with Crippen LogP contribution in [0.1, 0.15) is 33.1 Å². The van der Waals surface area contributed by atoms with Crippen molar-refractivity contribution < 1.29 is 0 Å². The SMILES string of the molecule is C#CCN(CCC)CCCC(C)CN. The van der Waals surface area contributed by atoms with Crippen LogP contribution in [0, 0.1) is 18.3 Å². The van der Waals surface area contributed by atoms with Crippen molar-refractivity contribution in [3.63, 3.8) is 0 Å². The highest BCUT2D eigenvalue weighted by molar-refractivity contribution is 4.87. The molecular formula is C12H24N2. The second-order valence-electron chi connectivity index (χ2n) is 3.96. The molecule has 0 aromatic rings. The molecule has 82 valence electrons. The van der Waals surface area contributed by atoms with Crippen LogP contribution in [0.15, 0.2) is 0 Å². The summed E-state index contributed by atoms with van der Waals surface area (Å²) in [5, 5.41) is 0. The van der Waals surface area contributed by atoms with Crippen LogP contribution in [-0.4, -0.2) is 31.1 Å². The van der Waals surface area contributed by atoms with E-state index >= 15 is 0 Å². The fourth-order valence-electron chi connectivity index (χ4n) is 1.50. The summed E-state index contributed by atoms with van der Waals surface area (Å²) in [4.78, 5) is 2.34. The molecule has 2 N–H and O–H groups in total. The second kappa shape index (κ2) is 9.05. The molecule has 0 amide bonds. The third-order valence-corrected chi connectivity index (χ3v) is 2.43. The largest absolute Gasteiger partial charge is 0.330 e. The first-order valence-electron chi connectivity index (χ1n) is 5.60. The minimum Gasteiger partial charge on any atom is -0.330 e. The Balaban J connectivity index is 3.55. The van der Waals surface area contributed by atoms with Gasteiger partial charge in [-0.15, -0.1) is 6.42 Å². The van der Waals surface area contributed by atoms with Crippen LogP contribution < -0.4 is 5.73 Å². The Kier molecular flexibility index (Phi) is 8.72. The molecule has 0 aliphatic heterocycles. The third kappa shape index (κ3) is 6.94. The lowest BCUT2D eigenvalue weighted by Gasteiger charge is -2.19. The Morgan fingerprint density at radius 2 is 2.14 bits per heavy atom. The highest BCUT2D eigenvalue weighted by atomic mass is 15.1. The molecule has 0 heterocycles. The van der Waals surface area contributed by atoms with Gasteiger partial charge >= 0.3 is 0 Å². The van der Waals surface area contributed by atoms with Gasteiger partial charge < -0.3 is 5.73 Å². The highest BCUT2D eigenvalue weighted by Crippen LogP contribution is 2.04. The van der Waals surface area contributed by atoms with E-state index in [0.29, 0.717) is 5.92 Å². The Hall–Kier alpha value is -0.520. The van der Waals surface area contributed by atoms with Crippen molar-refractivity contribution in [1.82, 2.24) is 4.90 Å². The van der Waals surface area contributed by atoms with Gasteiger partial charge in [-0.2, -0.15) is 0 Å². The molecule has 0 aromatic heterocycles. The van der Waals surface area contributed by atoms with Gasteiger partial charge in [-0.25, -0.2) is 0 Å². The summed E-state index contributed by atoms with van der Waals surface area (Å²) >= 11 is 0. The molecule has 0 radical (unpaired) electrons. The van der Waals surface area contributed by atoms with E-state index in [1.54, 1.807) is 0 Å². The van der Waals surface area contributed by atoms with Gasteiger partial charge in [-0.1, -0.05) is 19.8 Å². The van der Waals surface area contributed by atoms with Crippen LogP contribution in [0.4, 0.5) is 0 Å². The summed E-state index contributed by atoms with van der Waals surface area (Å²) in [6, 6.07) is 0. The number of hydrogen-bond donors (Lipinski definition) is 1. The average Bonchev–Trinajstić information content (AvgIpc) is 2.18. The summed E-state index contributed by atoms with van der Waals surface area (Å²) in [5.74, 6) is 3.35. The maximum Gasteiger partial charge on any atom is 0.0598 e. The monoisotopic (exact) mass is 196 g/mol. The smallest absolute Gasteiger partial charge is 0.0598 e. The number of hydrogen-bond acceptors (Lipinski definition) is 2. The Labute approximate surface area is 88.9 Å². The number of nitrogens with two attached hydrogens (primary N) is 1. The Morgan fingerprint density at radius 1 is 1.43 bits per heavy atom. The van der Waals surface area contributed by atoms with Crippen molar-refractivity contribution in [2.75, 3.05) is 26.2 Å². The molecule has 0 spiro atoms. The van der Waals surface area contributed by atoms with Crippen LogP contribution in [0.2, 0.25) is 0 Å². The molecule has 2 heteroatoms. The summed E-state index contributed by atoms with van der Waals surface area (Å²) in [6.07, 6.45) is 8.90. The number of rotatable bonds is 8. The average molecular weight is 196 g/mol. The predicted octanol–water partition coefficient (Wildman–Crippen LogP) is 1.71. The summed E-state index contributed by atoms with van der Waals surface area (Å²) in [7, 11) is 0. The van der Waals surface area contributed by atoms with Crippen molar-refractivity contribution in [3.05, 3.63) is 0 Å². The minimum absolute atomic E-state index is 0.643. The Bertz CT molecular complexity index is 160. The van der Waals surface area contributed by atoms with E-state index in [2.05, 4.69) is 24.7 Å². The van der Waals surface area contributed by atoms with Gasteiger partial charge in [0.25, 0.3) is 0 Å². The van der Waals surface area contributed by atoms with Gasteiger partial charge in [0.05, 0.1) is 6.54 Å². The topological polar surface area (TPSA) is 29.3 Å². The zero-order chi connectivity index (χ0) is 10.8. The van der Waals surface area contributed by atoms with E-state index < -0.39 is 0 Å². The van der Waals surface area contributed by atoms with Crippen LogP contribution in [0.3, 0.4) is 0 Å². The van der Waals surface area contributed by atoms with Gasteiger partial charge in [0.1, 0.15) is 0 Å². The molecule has 2 nitrogen and oxygen atoms in total. The van der Waals surface area contributed by atoms with Crippen molar-refractivity contribution in [2.24, 2.45) is 11.7 Å². The maximum atomic E-state index is 5.56. The first kappa shape index (κ1) is 13.5. The quantitative estimate of drug-likeness (QED) is 0.599. The second-order valence-corrected chi connectivity index (χ2v) is 3.96.